The lowest BCUT2D eigenvalue weighted by Crippen LogP contribution is -2.41. The number of nitrogens with zero attached hydrogens (tertiary/aromatic N) is 2. The van der Waals surface area contributed by atoms with Gasteiger partial charge in [0.2, 0.25) is 0 Å². The van der Waals surface area contributed by atoms with E-state index in [4.69, 9.17) is 23.5 Å². The maximum Gasteiger partial charge on any atom is 0.494 e. The predicted octanol–water partition coefficient (Wildman–Crippen LogP) is 1.25. The molecule has 1 aromatic rings. The lowest BCUT2D eigenvalue weighted by molar-refractivity contribution is -0.140. The van der Waals surface area contributed by atoms with Crippen molar-refractivity contribution in [2.45, 2.75) is 38.9 Å². The third-order valence-corrected chi connectivity index (χ3v) is 5.74. The van der Waals surface area contributed by atoms with E-state index in [1.54, 1.807) is 18.2 Å². The van der Waals surface area contributed by atoms with Crippen LogP contribution in [0.4, 0.5) is 5.69 Å². The molecule has 164 valence electrons. The Morgan fingerprint density at radius 3 is 2.23 bits per heavy atom. The van der Waals surface area contributed by atoms with Crippen molar-refractivity contribution in [3.05, 3.63) is 35.0 Å². The molecule has 0 bridgehead atoms. The molecule has 0 unspecified atom stereocenters. The van der Waals surface area contributed by atoms with Crippen LogP contribution in [-0.2, 0) is 33.1 Å². The number of anilines is 1. The summed E-state index contributed by atoms with van der Waals surface area (Å²) in [6.45, 7) is 7.60. The lowest BCUT2D eigenvalue weighted by Gasteiger charge is -2.32. The van der Waals surface area contributed by atoms with Gasteiger partial charge in [-0.2, -0.15) is 5.26 Å². The fraction of sp³-hybridized carbons (Fsp3) is 0.476. The molecule has 31 heavy (non-hydrogen) atoms. The Kier molecular flexibility index (Phi) is 6.14. The summed E-state index contributed by atoms with van der Waals surface area (Å²) >= 11 is 0. The molecular formula is C21H25BN2O7. The van der Waals surface area contributed by atoms with Gasteiger partial charge in [-0.3, -0.25) is 0 Å². The van der Waals surface area contributed by atoms with E-state index < -0.39 is 30.3 Å². The van der Waals surface area contributed by atoms with E-state index in [9.17, 15) is 14.9 Å². The molecule has 0 radical (unpaired) electrons. The quantitative estimate of drug-likeness (QED) is 0.517. The van der Waals surface area contributed by atoms with Gasteiger partial charge < -0.3 is 28.4 Å². The van der Waals surface area contributed by atoms with E-state index in [-0.39, 0.29) is 24.6 Å². The van der Waals surface area contributed by atoms with Crippen LogP contribution in [0.25, 0.3) is 0 Å². The summed E-state index contributed by atoms with van der Waals surface area (Å²) in [4.78, 5) is 26.2. The average Bonchev–Trinajstić information content (AvgIpc) is 2.98. The first kappa shape index (κ1) is 22.8. The first-order chi connectivity index (χ1) is 14.5. The second-order valence-corrected chi connectivity index (χ2v) is 8.23. The molecule has 1 saturated heterocycles. The SMILES string of the molecule is COC(=O)C1=C(C(=O)OC)N(c2cc(C#N)cc(B3OC(C)(C)C(C)(C)O3)c2)COC1. The van der Waals surface area contributed by atoms with Crippen LogP contribution in [0, 0.1) is 11.3 Å². The van der Waals surface area contributed by atoms with E-state index in [0.29, 0.717) is 16.7 Å². The van der Waals surface area contributed by atoms with Crippen LogP contribution in [0.1, 0.15) is 33.3 Å². The predicted molar refractivity (Wildman–Crippen MR) is 111 cm³/mol. The third-order valence-electron chi connectivity index (χ3n) is 5.74. The van der Waals surface area contributed by atoms with E-state index in [0.717, 1.165) is 0 Å². The maximum absolute atomic E-state index is 12.5. The standard InChI is InChI=1S/C21H25BN2O7/c1-20(2)21(3,4)31-22(30-20)14-7-13(10-23)8-15(9-14)24-12-29-11-16(18(25)27-5)17(24)19(26)28-6/h7-9H,11-12H2,1-6H3. The molecule has 0 atom stereocenters. The van der Waals surface area contributed by atoms with Gasteiger partial charge >= 0.3 is 19.1 Å². The molecule has 0 spiro atoms. The Morgan fingerprint density at radius 2 is 1.68 bits per heavy atom. The minimum Gasteiger partial charge on any atom is -0.466 e. The van der Waals surface area contributed by atoms with Crippen molar-refractivity contribution < 1.29 is 33.1 Å². The van der Waals surface area contributed by atoms with Gasteiger partial charge in [-0.25, -0.2) is 9.59 Å². The summed E-state index contributed by atoms with van der Waals surface area (Å²) in [6, 6.07) is 7.09. The minimum atomic E-state index is -0.719. The molecule has 1 aromatic carbocycles. The molecular weight excluding hydrogens is 403 g/mol. The number of rotatable bonds is 4. The van der Waals surface area contributed by atoms with Crippen LogP contribution >= 0.6 is 0 Å². The van der Waals surface area contributed by atoms with Crippen molar-refractivity contribution in [1.82, 2.24) is 0 Å². The van der Waals surface area contributed by atoms with Crippen LogP contribution in [-0.4, -0.2) is 57.8 Å². The van der Waals surface area contributed by atoms with Crippen molar-refractivity contribution in [1.29, 1.82) is 5.26 Å². The zero-order valence-electron chi connectivity index (χ0n) is 18.5. The fourth-order valence-electron chi connectivity index (χ4n) is 3.32. The zero-order chi connectivity index (χ0) is 23.0. The molecule has 3 rings (SSSR count). The highest BCUT2D eigenvalue weighted by molar-refractivity contribution is 6.62. The highest BCUT2D eigenvalue weighted by Crippen LogP contribution is 2.37. The molecule has 9 nitrogen and oxygen atoms in total. The molecule has 0 aromatic heterocycles. The van der Waals surface area contributed by atoms with Gasteiger partial charge in [0, 0.05) is 5.69 Å². The monoisotopic (exact) mass is 428 g/mol. The van der Waals surface area contributed by atoms with Gasteiger partial charge in [-0.1, -0.05) is 0 Å². The van der Waals surface area contributed by atoms with Crippen molar-refractivity contribution >= 4 is 30.2 Å². The van der Waals surface area contributed by atoms with E-state index >= 15 is 0 Å². The van der Waals surface area contributed by atoms with Crippen molar-refractivity contribution in [3.63, 3.8) is 0 Å². The summed E-state index contributed by atoms with van der Waals surface area (Å²) in [5, 5.41) is 9.57. The molecule has 0 amide bonds. The molecule has 0 N–H and O–H groups in total. The van der Waals surface area contributed by atoms with Gasteiger partial charge in [0.05, 0.1) is 49.2 Å². The number of hydrogen-bond acceptors (Lipinski definition) is 9. The van der Waals surface area contributed by atoms with Gasteiger partial charge in [-0.15, -0.1) is 0 Å². The molecule has 2 aliphatic rings. The topological polar surface area (TPSA) is 107 Å². The maximum atomic E-state index is 12.5. The fourth-order valence-corrected chi connectivity index (χ4v) is 3.32. The minimum absolute atomic E-state index is 0.00411. The van der Waals surface area contributed by atoms with Crippen LogP contribution in [0.3, 0.4) is 0 Å². The molecule has 2 heterocycles. The van der Waals surface area contributed by atoms with Gasteiger partial charge in [0.1, 0.15) is 12.4 Å². The van der Waals surface area contributed by atoms with Crippen LogP contribution in [0.5, 0.6) is 0 Å². The lowest BCUT2D eigenvalue weighted by atomic mass is 9.78. The molecule has 10 heteroatoms. The summed E-state index contributed by atoms with van der Waals surface area (Å²) in [5.41, 5.74) is 0.271. The van der Waals surface area contributed by atoms with E-state index in [1.165, 1.54) is 19.1 Å². The van der Waals surface area contributed by atoms with Gasteiger partial charge in [0.25, 0.3) is 0 Å². The number of carbonyl (C=O) groups excluding carboxylic acids is 2. The Hall–Kier alpha value is -2.87. The number of benzene rings is 1. The largest absolute Gasteiger partial charge is 0.494 e. The van der Waals surface area contributed by atoms with Crippen molar-refractivity contribution in [2.24, 2.45) is 0 Å². The third kappa shape index (κ3) is 4.17. The first-order valence-corrected chi connectivity index (χ1v) is 9.70. The Balaban J connectivity index is 2.10. The molecule has 2 aliphatic heterocycles. The number of esters is 2. The molecule has 0 aliphatic carbocycles. The Labute approximate surface area is 181 Å². The number of nitriles is 1. The van der Waals surface area contributed by atoms with Gasteiger partial charge in [0.15, 0.2) is 0 Å². The number of carbonyl (C=O) groups is 2. The highest BCUT2D eigenvalue weighted by Gasteiger charge is 2.52. The summed E-state index contributed by atoms with van der Waals surface area (Å²) in [6.07, 6.45) is 0. The summed E-state index contributed by atoms with van der Waals surface area (Å²) in [7, 11) is 1.73. The highest BCUT2D eigenvalue weighted by atomic mass is 16.7. The second-order valence-electron chi connectivity index (χ2n) is 8.23. The van der Waals surface area contributed by atoms with Crippen molar-refractivity contribution in [3.8, 4) is 6.07 Å². The Bertz CT molecular complexity index is 964. The van der Waals surface area contributed by atoms with Crippen LogP contribution < -0.4 is 10.4 Å². The first-order valence-electron chi connectivity index (χ1n) is 9.70. The zero-order valence-corrected chi connectivity index (χ0v) is 18.5. The molecule has 1 fully saturated rings. The normalized spacial score (nSPS) is 19.8. The van der Waals surface area contributed by atoms with Crippen LogP contribution in [0.2, 0.25) is 0 Å². The van der Waals surface area contributed by atoms with E-state index in [2.05, 4.69) is 6.07 Å². The summed E-state index contributed by atoms with van der Waals surface area (Å²) < 4.78 is 27.4. The molecule has 0 saturated carbocycles. The van der Waals surface area contributed by atoms with Crippen molar-refractivity contribution in [2.75, 3.05) is 32.5 Å². The van der Waals surface area contributed by atoms with Crippen LogP contribution in [0.15, 0.2) is 29.5 Å². The number of hydrogen-bond donors (Lipinski definition) is 0. The Morgan fingerprint density at radius 1 is 1.06 bits per heavy atom. The second kappa shape index (κ2) is 8.34. The average molecular weight is 428 g/mol. The smallest absolute Gasteiger partial charge is 0.466 e. The number of ether oxygens (including phenoxy) is 3. The van der Waals surface area contributed by atoms with E-state index in [1.807, 2.05) is 27.7 Å². The number of methoxy groups -OCH3 is 2. The summed E-state index contributed by atoms with van der Waals surface area (Å²) in [5.74, 6) is -1.42. The van der Waals surface area contributed by atoms with Gasteiger partial charge in [-0.05, 0) is 51.4 Å².